The molecule has 0 saturated carbocycles. The number of aryl methyl sites for hydroxylation is 3. The molecule has 2 amide bonds. The summed E-state index contributed by atoms with van der Waals surface area (Å²) in [6.45, 7) is 6.64. The number of unbranched alkanes of at least 4 members (excludes halogenated alkanes) is 6. The molecule has 284 valence electrons. The van der Waals surface area contributed by atoms with Crippen molar-refractivity contribution < 1.29 is 9.59 Å². The molecular weight excluding hydrogens is 677 g/mol. The zero-order valence-corrected chi connectivity index (χ0v) is 33.0. The molecule has 0 atom stereocenters. The highest BCUT2D eigenvalue weighted by atomic mass is 16.2. The van der Waals surface area contributed by atoms with Gasteiger partial charge in [-0.1, -0.05) is 131 Å². The van der Waals surface area contributed by atoms with Gasteiger partial charge in [-0.3, -0.25) is 9.59 Å². The van der Waals surface area contributed by atoms with E-state index in [1.54, 1.807) is 0 Å². The van der Waals surface area contributed by atoms with E-state index in [1.165, 1.54) is 91.3 Å². The van der Waals surface area contributed by atoms with Crippen molar-refractivity contribution in [3.63, 3.8) is 0 Å². The van der Waals surface area contributed by atoms with Crippen LogP contribution in [0.3, 0.4) is 0 Å². The van der Waals surface area contributed by atoms with Gasteiger partial charge in [0.1, 0.15) is 0 Å². The van der Waals surface area contributed by atoms with Gasteiger partial charge in [0.2, 0.25) is 0 Å². The van der Waals surface area contributed by atoms with Crippen molar-refractivity contribution in [3.8, 4) is 0 Å². The van der Waals surface area contributed by atoms with Crippen LogP contribution in [0.25, 0.3) is 21.5 Å². The maximum absolute atomic E-state index is 12.8. The first-order valence-corrected chi connectivity index (χ1v) is 20.2. The van der Waals surface area contributed by atoms with Gasteiger partial charge >= 0.3 is 11.8 Å². The number of nitrogens with one attached hydrogen (secondary N) is 4. The van der Waals surface area contributed by atoms with Crippen LogP contribution in [-0.2, 0) is 28.9 Å². The Hall–Kier alpha value is -5.62. The van der Waals surface area contributed by atoms with E-state index in [2.05, 4.69) is 139 Å². The fraction of sp³-hybridized carbons (Fsp3) is 0.306. The average Bonchev–Trinajstić information content (AvgIpc) is 3.21. The minimum Gasteiger partial charge on any atom is -0.355 e. The molecular formula is C49H56N4O2. The van der Waals surface area contributed by atoms with Crippen LogP contribution in [0.4, 0.5) is 28.4 Å². The lowest BCUT2D eigenvalue weighted by Crippen LogP contribution is -2.32. The molecule has 6 aromatic rings. The predicted molar refractivity (Wildman–Crippen MR) is 233 cm³/mol. The van der Waals surface area contributed by atoms with Crippen LogP contribution in [0.1, 0.15) is 93.0 Å². The standard InChI is InChI=1S/C49H56N4O2/c1-5-7-9-11-17-37-26-29-43(41-21-15-13-19-39(37)41)51-46-32-35(24-23-34(46)3)31-36-25-28-45(53-49(55)48(54)50-4)47(33-36)52-44-30-27-38(18-12-10-8-6-2)40-20-14-16-22-42(40)44/h13-16,19-30,32-33,51-52H,5-12,17-18,31H2,1-4H3,(H,50,54)(H,53,55). The van der Waals surface area contributed by atoms with Gasteiger partial charge in [0, 0.05) is 34.9 Å². The van der Waals surface area contributed by atoms with Gasteiger partial charge in [-0.05, 0) is 108 Å². The van der Waals surface area contributed by atoms with Crippen molar-refractivity contribution in [3.05, 3.63) is 137 Å². The average molecular weight is 733 g/mol. The van der Waals surface area contributed by atoms with E-state index < -0.39 is 11.8 Å². The van der Waals surface area contributed by atoms with E-state index in [4.69, 9.17) is 0 Å². The van der Waals surface area contributed by atoms with Crippen LogP contribution in [0.15, 0.2) is 109 Å². The van der Waals surface area contributed by atoms with E-state index in [-0.39, 0.29) is 0 Å². The van der Waals surface area contributed by atoms with E-state index >= 15 is 0 Å². The van der Waals surface area contributed by atoms with Crippen molar-refractivity contribution in [2.45, 2.75) is 91.4 Å². The number of likely N-dealkylation sites (N-methyl/N-ethyl adjacent to an activating group) is 1. The molecule has 6 nitrogen and oxygen atoms in total. The van der Waals surface area contributed by atoms with Crippen LogP contribution < -0.4 is 21.3 Å². The molecule has 6 heteroatoms. The van der Waals surface area contributed by atoms with Gasteiger partial charge in [-0.25, -0.2) is 0 Å². The molecule has 0 heterocycles. The summed E-state index contributed by atoms with van der Waals surface area (Å²) < 4.78 is 0. The van der Waals surface area contributed by atoms with Crippen LogP contribution >= 0.6 is 0 Å². The van der Waals surface area contributed by atoms with Crippen molar-refractivity contribution in [1.82, 2.24) is 5.32 Å². The lowest BCUT2D eigenvalue weighted by atomic mass is 9.97. The summed E-state index contributed by atoms with van der Waals surface area (Å²) in [7, 11) is 1.46. The van der Waals surface area contributed by atoms with E-state index in [0.717, 1.165) is 52.1 Å². The fourth-order valence-corrected chi connectivity index (χ4v) is 7.51. The van der Waals surface area contributed by atoms with Gasteiger partial charge in [0.15, 0.2) is 0 Å². The Balaban J connectivity index is 1.27. The first-order valence-electron chi connectivity index (χ1n) is 20.2. The predicted octanol–water partition coefficient (Wildman–Crippen LogP) is 12.3. The van der Waals surface area contributed by atoms with Crippen LogP contribution in [0.2, 0.25) is 0 Å². The molecule has 0 aromatic heterocycles. The first kappa shape index (κ1) is 39.1. The third kappa shape index (κ3) is 9.93. The third-order valence-electron chi connectivity index (χ3n) is 10.6. The highest BCUT2D eigenvalue weighted by Crippen LogP contribution is 2.35. The fourth-order valence-electron chi connectivity index (χ4n) is 7.51. The molecule has 0 radical (unpaired) electrons. The summed E-state index contributed by atoms with van der Waals surface area (Å²) >= 11 is 0. The zero-order chi connectivity index (χ0) is 38.6. The van der Waals surface area contributed by atoms with Crippen LogP contribution in [-0.4, -0.2) is 18.9 Å². The second-order valence-corrected chi connectivity index (χ2v) is 14.7. The summed E-state index contributed by atoms with van der Waals surface area (Å²) in [6, 6.07) is 38.7. The number of amides is 2. The molecule has 4 N–H and O–H groups in total. The molecule has 55 heavy (non-hydrogen) atoms. The first-order chi connectivity index (χ1) is 26.9. The molecule has 0 aliphatic heterocycles. The number of benzene rings is 6. The van der Waals surface area contributed by atoms with E-state index in [0.29, 0.717) is 12.1 Å². The maximum atomic E-state index is 12.8. The lowest BCUT2D eigenvalue weighted by Gasteiger charge is -2.18. The molecule has 0 bridgehead atoms. The molecule has 0 fully saturated rings. The SMILES string of the molecule is CCCCCCc1ccc(Nc2cc(Cc3ccc(NC(=O)C(=O)NC)c(Nc4ccc(CCCCCC)c5ccccc45)c3)ccc2C)c2ccccc12. The molecule has 0 aliphatic carbocycles. The Morgan fingerprint density at radius 3 is 1.53 bits per heavy atom. The molecule has 0 aliphatic rings. The minimum absolute atomic E-state index is 0.539. The highest BCUT2D eigenvalue weighted by molar-refractivity contribution is 6.39. The lowest BCUT2D eigenvalue weighted by molar-refractivity contribution is -0.135. The van der Waals surface area contributed by atoms with Gasteiger partial charge in [-0.2, -0.15) is 0 Å². The van der Waals surface area contributed by atoms with Crippen molar-refractivity contribution in [2.75, 3.05) is 23.0 Å². The Morgan fingerprint density at radius 2 is 0.982 bits per heavy atom. The minimum atomic E-state index is -0.711. The molecule has 0 unspecified atom stereocenters. The zero-order valence-electron chi connectivity index (χ0n) is 33.0. The van der Waals surface area contributed by atoms with Crippen molar-refractivity contribution in [2.24, 2.45) is 0 Å². The van der Waals surface area contributed by atoms with Gasteiger partial charge in [0.05, 0.1) is 11.4 Å². The normalized spacial score (nSPS) is 11.1. The number of rotatable bonds is 17. The molecule has 0 saturated heterocycles. The van der Waals surface area contributed by atoms with Gasteiger partial charge in [-0.15, -0.1) is 0 Å². The second kappa shape index (κ2) is 19.1. The smallest absolute Gasteiger partial charge is 0.313 e. The quantitative estimate of drug-likeness (QED) is 0.0556. The van der Waals surface area contributed by atoms with Crippen molar-refractivity contribution >= 4 is 61.8 Å². The van der Waals surface area contributed by atoms with E-state index in [1.807, 2.05) is 12.1 Å². The second-order valence-electron chi connectivity index (χ2n) is 14.7. The number of anilines is 5. The Labute approximate surface area is 327 Å². The Kier molecular flexibility index (Phi) is 13.6. The Morgan fingerprint density at radius 1 is 0.491 bits per heavy atom. The van der Waals surface area contributed by atoms with Crippen molar-refractivity contribution in [1.29, 1.82) is 0 Å². The van der Waals surface area contributed by atoms with Crippen LogP contribution in [0, 0.1) is 6.92 Å². The van der Waals surface area contributed by atoms with Gasteiger partial charge in [0.25, 0.3) is 0 Å². The molecule has 6 aromatic carbocycles. The van der Waals surface area contributed by atoms with Crippen LogP contribution in [0.5, 0.6) is 0 Å². The Bertz CT molecular complexity index is 2260. The maximum Gasteiger partial charge on any atom is 0.313 e. The van der Waals surface area contributed by atoms with E-state index in [9.17, 15) is 9.59 Å². The number of fused-ring (bicyclic) bond motifs is 2. The summed E-state index contributed by atoms with van der Waals surface area (Å²) in [5, 5.41) is 17.6. The molecule has 6 rings (SSSR count). The highest BCUT2D eigenvalue weighted by Gasteiger charge is 2.16. The topological polar surface area (TPSA) is 82.3 Å². The number of carbonyl (C=O) groups is 2. The summed E-state index contributed by atoms with van der Waals surface area (Å²) in [5.41, 5.74) is 10.6. The summed E-state index contributed by atoms with van der Waals surface area (Å²) in [6.07, 6.45) is 12.7. The van der Waals surface area contributed by atoms with Gasteiger partial charge < -0.3 is 21.3 Å². The molecule has 0 spiro atoms. The number of hydrogen-bond acceptors (Lipinski definition) is 4. The summed E-state index contributed by atoms with van der Waals surface area (Å²) in [4.78, 5) is 25.0. The number of hydrogen-bond donors (Lipinski definition) is 4. The summed E-state index contributed by atoms with van der Waals surface area (Å²) in [5.74, 6) is -1.40. The largest absolute Gasteiger partial charge is 0.355 e. The third-order valence-corrected chi connectivity index (χ3v) is 10.6. The number of carbonyl (C=O) groups excluding carboxylic acids is 2. The monoisotopic (exact) mass is 732 g/mol.